The van der Waals surface area contributed by atoms with E-state index in [1.165, 1.54) is 19.3 Å². The van der Waals surface area contributed by atoms with E-state index in [9.17, 15) is 9.90 Å². The summed E-state index contributed by atoms with van der Waals surface area (Å²) < 4.78 is 5.22. The number of hydrogen-bond acceptors (Lipinski definition) is 6. The predicted octanol–water partition coefficient (Wildman–Crippen LogP) is 3.65. The zero-order chi connectivity index (χ0) is 20.5. The number of oxime groups is 1. The summed E-state index contributed by atoms with van der Waals surface area (Å²) in [5, 5.41) is 16.7. The van der Waals surface area contributed by atoms with Gasteiger partial charge in [-0.2, -0.15) is 0 Å². The Morgan fingerprint density at radius 3 is 2.32 bits per heavy atom. The Balaban J connectivity index is 2.09. The molecule has 1 N–H and O–H groups in total. The molecule has 28 heavy (non-hydrogen) atoms. The molecule has 7 heteroatoms. The standard InChI is InChI=1S/C21H28N2O5/c1-13-7-6-8-14(2)17(13)18-19(24)21(11-9-16(10-12-21)22-27-5)23(20(18)25)28-15(3)26-4/h6-8,15,24H,9-12H2,1-5H3. The number of rotatable bonds is 5. The Hall–Kier alpha value is -2.38. The van der Waals surface area contributed by atoms with Gasteiger partial charge in [-0.05, 0) is 63.1 Å². The minimum atomic E-state index is -0.930. The smallest absolute Gasteiger partial charge is 0.282 e. The first-order valence-corrected chi connectivity index (χ1v) is 9.49. The van der Waals surface area contributed by atoms with E-state index in [0.29, 0.717) is 31.3 Å². The highest BCUT2D eigenvalue weighted by atomic mass is 16.8. The zero-order valence-corrected chi connectivity index (χ0v) is 17.1. The average Bonchev–Trinajstić information content (AvgIpc) is 2.86. The highest BCUT2D eigenvalue weighted by Crippen LogP contribution is 2.48. The number of methoxy groups -OCH3 is 1. The molecule has 152 valence electrons. The van der Waals surface area contributed by atoms with Crippen LogP contribution in [0.4, 0.5) is 0 Å². The minimum absolute atomic E-state index is 0.0645. The van der Waals surface area contributed by atoms with Crippen molar-refractivity contribution in [2.24, 2.45) is 5.16 Å². The summed E-state index contributed by atoms with van der Waals surface area (Å²) >= 11 is 0. The molecule has 1 amide bonds. The molecule has 0 radical (unpaired) electrons. The second-order valence-corrected chi connectivity index (χ2v) is 7.37. The Labute approximate surface area is 165 Å². The number of hydroxylamine groups is 2. The highest BCUT2D eigenvalue weighted by Gasteiger charge is 2.55. The van der Waals surface area contributed by atoms with Crippen LogP contribution in [0, 0.1) is 13.8 Å². The molecule has 1 aromatic carbocycles. The van der Waals surface area contributed by atoms with Gasteiger partial charge in [-0.15, -0.1) is 0 Å². The molecule has 0 saturated heterocycles. The largest absolute Gasteiger partial charge is 0.509 e. The number of aliphatic hydroxyl groups is 1. The van der Waals surface area contributed by atoms with E-state index in [-0.39, 0.29) is 11.7 Å². The lowest BCUT2D eigenvalue weighted by atomic mass is 9.79. The van der Waals surface area contributed by atoms with Gasteiger partial charge in [-0.3, -0.25) is 4.79 Å². The fourth-order valence-corrected chi connectivity index (χ4v) is 4.11. The Bertz CT molecular complexity index is 800. The number of aliphatic hydroxyl groups excluding tert-OH is 1. The van der Waals surface area contributed by atoms with Crippen molar-refractivity contribution in [3.63, 3.8) is 0 Å². The molecular weight excluding hydrogens is 360 g/mol. The molecule has 1 unspecified atom stereocenters. The number of carbonyl (C=O) groups excluding carboxylic acids is 1. The van der Waals surface area contributed by atoms with E-state index in [0.717, 1.165) is 22.4 Å². The van der Waals surface area contributed by atoms with Gasteiger partial charge in [-0.25, -0.2) is 9.90 Å². The van der Waals surface area contributed by atoms with Gasteiger partial charge in [0.05, 0.1) is 11.3 Å². The van der Waals surface area contributed by atoms with Crippen molar-refractivity contribution in [3.05, 3.63) is 40.6 Å². The first-order chi connectivity index (χ1) is 13.4. The third-order valence-electron chi connectivity index (χ3n) is 5.66. The maximum absolute atomic E-state index is 13.4. The maximum atomic E-state index is 13.4. The second kappa shape index (κ2) is 7.93. The van der Waals surface area contributed by atoms with E-state index in [2.05, 4.69) is 5.16 Å². The predicted molar refractivity (Wildman–Crippen MR) is 106 cm³/mol. The first kappa shape index (κ1) is 20.4. The lowest BCUT2D eigenvalue weighted by Crippen LogP contribution is -2.52. The van der Waals surface area contributed by atoms with Crippen molar-refractivity contribution >= 4 is 17.2 Å². The molecule has 0 bridgehead atoms. The summed E-state index contributed by atoms with van der Waals surface area (Å²) in [7, 11) is 3.03. The molecule has 2 aliphatic rings. The third-order valence-corrected chi connectivity index (χ3v) is 5.66. The van der Waals surface area contributed by atoms with Gasteiger partial charge in [-0.1, -0.05) is 23.4 Å². The molecule has 7 nitrogen and oxygen atoms in total. The summed E-state index contributed by atoms with van der Waals surface area (Å²) in [6.07, 6.45) is 1.58. The molecular formula is C21H28N2O5. The van der Waals surface area contributed by atoms with Crippen LogP contribution in [0.25, 0.3) is 5.57 Å². The fraction of sp³-hybridized carbons (Fsp3) is 0.524. The van der Waals surface area contributed by atoms with Crippen LogP contribution in [0.5, 0.6) is 0 Å². The van der Waals surface area contributed by atoms with Crippen LogP contribution in [-0.2, 0) is 19.2 Å². The number of carbonyl (C=O) groups is 1. The number of amides is 1. The van der Waals surface area contributed by atoms with Crippen LogP contribution in [0.2, 0.25) is 0 Å². The average molecular weight is 388 g/mol. The number of aryl methyl sites for hydroxylation is 2. The summed E-state index contributed by atoms with van der Waals surface area (Å²) in [6.45, 7) is 5.60. The van der Waals surface area contributed by atoms with Crippen molar-refractivity contribution in [1.82, 2.24) is 5.06 Å². The van der Waals surface area contributed by atoms with Crippen molar-refractivity contribution < 1.29 is 24.3 Å². The maximum Gasteiger partial charge on any atom is 0.282 e. The summed E-state index contributed by atoms with van der Waals surface area (Å²) in [5.74, 6) is -0.277. The van der Waals surface area contributed by atoms with Crippen molar-refractivity contribution in [2.45, 2.75) is 58.3 Å². The van der Waals surface area contributed by atoms with Crippen molar-refractivity contribution in [1.29, 1.82) is 0 Å². The van der Waals surface area contributed by atoms with Gasteiger partial charge >= 0.3 is 0 Å². The van der Waals surface area contributed by atoms with Crippen LogP contribution in [0.1, 0.15) is 49.3 Å². The van der Waals surface area contributed by atoms with E-state index in [4.69, 9.17) is 14.4 Å². The van der Waals surface area contributed by atoms with Crippen LogP contribution >= 0.6 is 0 Å². The van der Waals surface area contributed by atoms with Gasteiger partial charge < -0.3 is 14.7 Å². The van der Waals surface area contributed by atoms with E-state index in [1.807, 2.05) is 32.0 Å². The normalized spacial score (nSPS) is 23.5. The zero-order valence-electron chi connectivity index (χ0n) is 17.1. The molecule has 3 rings (SSSR count). The van der Waals surface area contributed by atoms with Gasteiger partial charge in [0.2, 0.25) is 0 Å². The number of ether oxygens (including phenoxy) is 1. The Morgan fingerprint density at radius 2 is 1.79 bits per heavy atom. The monoisotopic (exact) mass is 388 g/mol. The SMILES string of the molecule is CON=C1CCC2(CC1)C(O)=C(c1c(C)cccc1C)C(=O)N2OC(C)OC. The fourth-order valence-electron chi connectivity index (χ4n) is 4.11. The highest BCUT2D eigenvalue weighted by molar-refractivity contribution is 6.23. The minimum Gasteiger partial charge on any atom is -0.509 e. The molecule has 1 aromatic rings. The Morgan fingerprint density at radius 1 is 1.18 bits per heavy atom. The molecule has 1 saturated carbocycles. The van der Waals surface area contributed by atoms with E-state index < -0.39 is 11.8 Å². The van der Waals surface area contributed by atoms with Crippen molar-refractivity contribution in [2.75, 3.05) is 14.2 Å². The topological polar surface area (TPSA) is 80.6 Å². The van der Waals surface area contributed by atoms with Gasteiger partial charge in [0.25, 0.3) is 5.91 Å². The number of hydrogen-bond donors (Lipinski definition) is 1. The van der Waals surface area contributed by atoms with Crippen LogP contribution in [0.3, 0.4) is 0 Å². The molecule has 1 heterocycles. The lowest BCUT2D eigenvalue weighted by Gasteiger charge is -2.41. The third kappa shape index (κ3) is 3.29. The Kier molecular flexibility index (Phi) is 5.76. The molecule has 0 aromatic heterocycles. The second-order valence-electron chi connectivity index (χ2n) is 7.37. The van der Waals surface area contributed by atoms with Crippen LogP contribution in [0.15, 0.2) is 29.1 Å². The quantitative estimate of drug-likeness (QED) is 0.615. The van der Waals surface area contributed by atoms with Crippen LogP contribution in [-0.4, -0.2) is 47.8 Å². The van der Waals surface area contributed by atoms with Crippen molar-refractivity contribution in [3.8, 4) is 0 Å². The first-order valence-electron chi connectivity index (χ1n) is 9.49. The summed E-state index contributed by atoms with van der Waals surface area (Å²) in [5.41, 5.74) is 2.92. The summed E-state index contributed by atoms with van der Waals surface area (Å²) in [4.78, 5) is 24.2. The van der Waals surface area contributed by atoms with Gasteiger partial charge in [0, 0.05) is 7.11 Å². The van der Waals surface area contributed by atoms with E-state index >= 15 is 0 Å². The van der Waals surface area contributed by atoms with Gasteiger partial charge in [0.1, 0.15) is 18.4 Å². The van der Waals surface area contributed by atoms with E-state index in [1.54, 1.807) is 6.92 Å². The molecule has 1 atom stereocenters. The summed E-state index contributed by atoms with van der Waals surface area (Å²) in [6, 6.07) is 5.82. The molecule has 1 aliphatic carbocycles. The lowest BCUT2D eigenvalue weighted by molar-refractivity contribution is -0.283. The number of nitrogens with zero attached hydrogens (tertiary/aromatic N) is 2. The molecule has 1 spiro atoms. The van der Waals surface area contributed by atoms with Crippen LogP contribution < -0.4 is 0 Å². The van der Waals surface area contributed by atoms with Gasteiger partial charge in [0.15, 0.2) is 6.29 Å². The molecule has 1 aliphatic heterocycles. The number of benzene rings is 1. The molecule has 1 fully saturated rings.